The monoisotopic (exact) mass is 292 g/mol. The summed E-state index contributed by atoms with van der Waals surface area (Å²) in [4.78, 5) is 12.3. The number of carbonyl (C=O) groups excluding carboxylic acids is 1. The number of rotatable bonds is 3. The van der Waals surface area contributed by atoms with Crippen molar-refractivity contribution in [2.45, 2.75) is 20.4 Å². The lowest BCUT2D eigenvalue weighted by atomic mass is 10.1. The van der Waals surface area contributed by atoms with Gasteiger partial charge in [0.05, 0.1) is 0 Å². The van der Waals surface area contributed by atoms with Crippen LogP contribution in [0.15, 0.2) is 48.5 Å². The summed E-state index contributed by atoms with van der Waals surface area (Å²) >= 11 is 0. The summed E-state index contributed by atoms with van der Waals surface area (Å²) in [6.45, 7) is 4.75. The quantitative estimate of drug-likeness (QED) is 0.784. The molecule has 112 valence electrons. The van der Waals surface area contributed by atoms with Crippen LogP contribution in [0.2, 0.25) is 0 Å². The van der Waals surface area contributed by atoms with Crippen LogP contribution in [0.3, 0.4) is 0 Å². The van der Waals surface area contributed by atoms with Crippen LogP contribution >= 0.6 is 0 Å². The number of hydrogen-bond acceptors (Lipinski definition) is 1. The second-order valence-electron chi connectivity index (χ2n) is 5.67. The van der Waals surface area contributed by atoms with E-state index in [0.29, 0.717) is 12.1 Å². The molecule has 2 aromatic carbocycles. The Hall–Kier alpha value is -2.55. The first-order valence-electron chi connectivity index (χ1n) is 7.45. The maximum absolute atomic E-state index is 12.3. The van der Waals surface area contributed by atoms with Gasteiger partial charge < -0.3 is 9.88 Å². The van der Waals surface area contributed by atoms with Crippen LogP contribution in [0.5, 0.6) is 0 Å². The Morgan fingerprint density at radius 3 is 2.55 bits per heavy atom. The zero-order valence-corrected chi connectivity index (χ0v) is 13.2. The van der Waals surface area contributed by atoms with Crippen molar-refractivity contribution in [3.63, 3.8) is 0 Å². The molecule has 0 saturated heterocycles. The van der Waals surface area contributed by atoms with Crippen LogP contribution in [0.4, 0.5) is 0 Å². The average molecular weight is 292 g/mol. The molecule has 3 nitrogen and oxygen atoms in total. The minimum absolute atomic E-state index is 0.0355. The lowest BCUT2D eigenvalue weighted by Crippen LogP contribution is -2.22. The molecule has 0 radical (unpaired) electrons. The van der Waals surface area contributed by atoms with E-state index < -0.39 is 0 Å². The smallest absolute Gasteiger partial charge is 0.251 e. The summed E-state index contributed by atoms with van der Waals surface area (Å²) in [5.41, 5.74) is 5.43. The van der Waals surface area contributed by atoms with Gasteiger partial charge in [0.15, 0.2) is 0 Å². The Balaban J connectivity index is 1.84. The van der Waals surface area contributed by atoms with E-state index in [1.165, 1.54) is 11.3 Å². The number of carbonyl (C=O) groups is 1. The van der Waals surface area contributed by atoms with Gasteiger partial charge in [-0.2, -0.15) is 0 Å². The third kappa shape index (κ3) is 2.50. The molecule has 0 unspecified atom stereocenters. The molecule has 3 rings (SSSR count). The molecule has 0 fully saturated rings. The molecule has 0 aliphatic carbocycles. The predicted octanol–water partition coefficient (Wildman–Crippen LogP) is 3.73. The molecule has 3 heteroatoms. The lowest BCUT2D eigenvalue weighted by Gasteiger charge is -2.06. The van der Waals surface area contributed by atoms with Gasteiger partial charge >= 0.3 is 0 Å². The number of hydrogen-bond donors (Lipinski definition) is 1. The first-order chi connectivity index (χ1) is 10.6. The summed E-state index contributed by atoms with van der Waals surface area (Å²) in [6.07, 6.45) is 0. The van der Waals surface area contributed by atoms with Crippen molar-refractivity contribution in [3.8, 4) is 0 Å². The van der Waals surface area contributed by atoms with Gasteiger partial charge in [-0.25, -0.2) is 0 Å². The molecule has 1 amide bonds. The van der Waals surface area contributed by atoms with Gasteiger partial charge in [0, 0.05) is 35.8 Å². The van der Waals surface area contributed by atoms with Crippen molar-refractivity contribution in [3.05, 3.63) is 70.9 Å². The third-order valence-corrected chi connectivity index (χ3v) is 4.37. The summed E-state index contributed by atoms with van der Waals surface area (Å²) in [5.74, 6) is -0.0355. The number of amides is 1. The van der Waals surface area contributed by atoms with Crippen molar-refractivity contribution < 1.29 is 4.79 Å². The van der Waals surface area contributed by atoms with E-state index in [1.807, 2.05) is 48.5 Å². The normalized spacial score (nSPS) is 10.9. The second-order valence-corrected chi connectivity index (χ2v) is 5.67. The standard InChI is InChI=1S/C19H20N2O/c1-13-14(2)21(3)18-10-9-16(11-17(13)18)19(22)20-12-15-7-5-4-6-8-15/h4-11H,12H2,1-3H3,(H,20,22). The van der Waals surface area contributed by atoms with Gasteiger partial charge in [-0.05, 0) is 43.2 Å². The molecule has 0 spiro atoms. The Kier molecular flexibility index (Phi) is 3.72. The Morgan fingerprint density at radius 2 is 1.82 bits per heavy atom. The number of nitrogens with zero attached hydrogens (tertiary/aromatic N) is 1. The molecule has 0 aliphatic heterocycles. The van der Waals surface area contributed by atoms with E-state index in [4.69, 9.17) is 0 Å². The van der Waals surface area contributed by atoms with Crippen molar-refractivity contribution in [1.82, 2.24) is 9.88 Å². The van der Waals surface area contributed by atoms with E-state index >= 15 is 0 Å². The van der Waals surface area contributed by atoms with E-state index in [9.17, 15) is 4.79 Å². The van der Waals surface area contributed by atoms with Crippen LogP contribution in [0.1, 0.15) is 27.2 Å². The summed E-state index contributed by atoms with van der Waals surface area (Å²) < 4.78 is 2.16. The molecule has 0 atom stereocenters. The first-order valence-corrected chi connectivity index (χ1v) is 7.45. The molecule has 0 aliphatic rings. The molecule has 1 heterocycles. The lowest BCUT2D eigenvalue weighted by molar-refractivity contribution is 0.0951. The Bertz CT molecular complexity index is 832. The van der Waals surface area contributed by atoms with E-state index in [2.05, 4.69) is 30.8 Å². The van der Waals surface area contributed by atoms with E-state index in [0.717, 1.165) is 16.5 Å². The van der Waals surface area contributed by atoms with Gasteiger partial charge in [0.1, 0.15) is 0 Å². The van der Waals surface area contributed by atoms with Crippen LogP contribution in [-0.4, -0.2) is 10.5 Å². The summed E-state index contributed by atoms with van der Waals surface area (Å²) in [7, 11) is 2.06. The topological polar surface area (TPSA) is 34.0 Å². The summed E-state index contributed by atoms with van der Waals surface area (Å²) in [5, 5.41) is 4.12. The largest absolute Gasteiger partial charge is 0.348 e. The fourth-order valence-corrected chi connectivity index (χ4v) is 2.78. The number of fused-ring (bicyclic) bond motifs is 1. The van der Waals surface area contributed by atoms with Crippen molar-refractivity contribution in [2.75, 3.05) is 0 Å². The predicted molar refractivity (Wildman–Crippen MR) is 90.0 cm³/mol. The number of benzene rings is 2. The van der Waals surface area contributed by atoms with E-state index in [1.54, 1.807) is 0 Å². The molecule has 1 N–H and O–H groups in total. The number of nitrogens with one attached hydrogen (secondary N) is 1. The molecule has 0 saturated carbocycles. The van der Waals surface area contributed by atoms with Crippen LogP contribution in [0, 0.1) is 13.8 Å². The van der Waals surface area contributed by atoms with Gasteiger partial charge in [-0.3, -0.25) is 4.79 Å². The van der Waals surface area contributed by atoms with E-state index in [-0.39, 0.29) is 5.91 Å². The number of aromatic nitrogens is 1. The molecular formula is C19H20N2O. The Labute approximate surface area is 130 Å². The first kappa shape index (κ1) is 14.4. The molecule has 3 aromatic rings. The highest BCUT2D eigenvalue weighted by molar-refractivity contribution is 5.99. The SMILES string of the molecule is Cc1c(C)n(C)c2ccc(C(=O)NCc3ccccc3)cc12. The van der Waals surface area contributed by atoms with Gasteiger partial charge in [0.2, 0.25) is 0 Å². The van der Waals surface area contributed by atoms with Crippen LogP contribution in [-0.2, 0) is 13.6 Å². The molecule has 22 heavy (non-hydrogen) atoms. The number of aryl methyl sites for hydroxylation is 2. The minimum atomic E-state index is -0.0355. The summed E-state index contributed by atoms with van der Waals surface area (Å²) in [6, 6.07) is 15.8. The molecular weight excluding hydrogens is 272 g/mol. The highest BCUT2D eigenvalue weighted by Crippen LogP contribution is 2.25. The minimum Gasteiger partial charge on any atom is -0.348 e. The molecule has 0 bridgehead atoms. The maximum atomic E-state index is 12.3. The fraction of sp³-hybridized carbons (Fsp3) is 0.211. The fourth-order valence-electron chi connectivity index (χ4n) is 2.78. The van der Waals surface area contributed by atoms with Gasteiger partial charge in [0.25, 0.3) is 5.91 Å². The zero-order valence-electron chi connectivity index (χ0n) is 13.2. The van der Waals surface area contributed by atoms with Gasteiger partial charge in [-0.15, -0.1) is 0 Å². The molecule has 1 aromatic heterocycles. The van der Waals surface area contributed by atoms with Crippen LogP contribution in [0.25, 0.3) is 10.9 Å². The highest BCUT2D eigenvalue weighted by atomic mass is 16.1. The third-order valence-electron chi connectivity index (χ3n) is 4.37. The maximum Gasteiger partial charge on any atom is 0.251 e. The van der Waals surface area contributed by atoms with Crippen molar-refractivity contribution in [2.24, 2.45) is 7.05 Å². The van der Waals surface area contributed by atoms with Crippen LogP contribution < -0.4 is 5.32 Å². The van der Waals surface area contributed by atoms with Crippen molar-refractivity contribution >= 4 is 16.8 Å². The highest BCUT2D eigenvalue weighted by Gasteiger charge is 2.11. The Morgan fingerprint density at radius 1 is 1.09 bits per heavy atom. The second kappa shape index (κ2) is 5.68. The zero-order chi connectivity index (χ0) is 15.7. The van der Waals surface area contributed by atoms with Gasteiger partial charge in [-0.1, -0.05) is 30.3 Å². The van der Waals surface area contributed by atoms with Crippen molar-refractivity contribution in [1.29, 1.82) is 0 Å². The average Bonchev–Trinajstić information content (AvgIpc) is 2.78.